The van der Waals surface area contributed by atoms with Crippen LogP contribution >= 0.6 is 0 Å². The van der Waals surface area contributed by atoms with E-state index >= 15 is 0 Å². The number of hydrogen-bond donors (Lipinski definition) is 1. The molecule has 1 saturated heterocycles. The lowest BCUT2D eigenvalue weighted by Gasteiger charge is -2.36. The molecular weight excluding hydrogens is 154 g/mol. The van der Waals surface area contributed by atoms with E-state index in [4.69, 9.17) is 5.73 Å². The molecule has 1 aliphatic rings. The molecule has 1 unspecified atom stereocenters. The van der Waals surface area contributed by atoms with Gasteiger partial charge < -0.3 is 10.6 Å². The minimum atomic E-state index is 0.00810. The summed E-state index contributed by atoms with van der Waals surface area (Å²) in [6.07, 6.45) is 0.764. The van der Waals surface area contributed by atoms with E-state index in [-0.39, 0.29) is 11.9 Å². The minimum Gasteiger partial charge on any atom is -0.343 e. The molecular formula is C8H17N3O. The second kappa shape index (κ2) is 3.87. The topological polar surface area (TPSA) is 49.6 Å². The molecule has 4 nitrogen and oxygen atoms in total. The number of likely N-dealkylation sites (N-methyl/N-ethyl adjacent to an activating group) is 2. The van der Waals surface area contributed by atoms with Gasteiger partial charge in [-0.25, -0.2) is 0 Å². The summed E-state index contributed by atoms with van der Waals surface area (Å²) in [6, 6.07) is 0.00810. The van der Waals surface area contributed by atoms with Gasteiger partial charge in [-0.15, -0.1) is 0 Å². The van der Waals surface area contributed by atoms with Crippen LogP contribution in [0, 0.1) is 0 Å². The van der Waals surface area contributed by atoms with Crippen molar-refractivity contribution in [2.75, 3.05) is 33.7 Å². The van der Waals surface area contributed by atoms with Gasteiger partial charge in [-0.1, -0.05) is 0 Å². The molecule has 1 amide bonds. The lowest BCUT2D eigenvalue weighted by Crippen LogP contribution is -2.54. The quantitative estimate of drug-likeness (QED) is 0.586. The van der Waals surface area contributed by atoms with E-state index in [1.54, 1.807) is 4.90 Å². The third-order valence-electron chi connectivity index (χ3n) is 2.42. The summed E-state index contributed by atoms with van der Waals surface area (Å²) in [4.78, 5) is 15.4. The van der Waals surface area contributed by atoms with Gasteiger partial charge in [0, 0.05) is 20.1 Å². The molecule has 1 rings (SSSR count). The number of nitrogens with zero attached hydrogens (tertiary/aromatic N) is 2. The van der Waals surface area contributed by atoms with Gasteiger partial charge in [-0.2, -0.15) is 0 Å². The number of nitrogens with two attached hydrogens (primary N) is 1. The van der Waals surface area contributed by atoms with Crippen LogP contribution in [0.1, 0.15) is 6.42 Å². The summed E-state index contributed by atoms with van der Waals surface area (Å²) in [5.74, 6) is 0.203. The number of rotatable bonds is 2. The van der Waals surface area contributed by atoms with Gasteiger partial charge in [-0.3, -0.25) is 9.69 Å². The molecule has 0 aromatic carbocycles. The smallest absolute Gasteiger partial charge is 0.239 e. The highest BCUT2D eigenvalue weighted by Gasteiger charge is 2.29. The zero-order valence-electron chi connectivity index (χ0n) is 7.79. The normalized spacial score (nSPS) is 26.4. The predicted molar refractivity (Wildman–Crippen MR) is 47.7 cm³/mol. The van der Waals surface area contributed by atoms with Crippen molar-refractivity contribution in [2.45, 2.75) is 12.5 Å². The van der Waals surface area contributed by atoms with Crippen molar-refractivity contribution in [1.29, 1.82) is 0 Å². The Morgan fingerprint density at radius 2 is 2.17 bits per heavy atom. The summed E-state index contributed by atoms with van der Waals surface area (Å²) in [5, 5.41) is 0. The Balaban J connectivity index is 2.58. The Morgan fingerprint density at radius 3 is 2.75 bits per heavy atom. The van der Waals surface area contributed by atoms with Crippen LogP contribution in [-0.2, 0) is 4.79 Å². The van der Waals surface area contributed by atoms with Gasteiger partial charge in [0.1, 0.15) is 0 Å². The molecule has 0 aromatic rings. The van der Waals surface area contributed by atoms with Gasteiger partial charge in [-0.05, 0) is 20.0 Å². The van der Waals surface area contributed by atoms with Crippen molar-refractivity contribution in [3.8, 4) is 0 Å². The van der Waals surface area contributed by atoms with E-state index in [0.29, 0.717) is 6.54 Å². The fourth-order valence-electron chi connectivity index (χ4n) is 1.52. The van der Waals surface area contributed by atoms with Crippen molar-refractivity contribution < 1.29 is 4.79 Å². The van der Waals surface area contributed by atoms with Gasteiger partial charge in [0.15, 0.2) is 0 Å². The molecule has 1 aliphatic heterocycles. The SMILES string of the molecule is CN1CCN(C)C(CCN)C1=O. The van der Waals surface area contributed by atoms with Crippen LogP contribution in [0.5, 0.6) is 0 Å². The molecule has 0 aromatic heterocycles. The summed E-state index contributed by atoms with van der Waals surface area (Å²) < 4.78 is 0. The molecule has 0 spiro atoms. The van der Waals surface area contributed by atoms with Crippen LogP contribution in [-0.4, -0.2) is 55.5 Å². The maximum absolute atomic E-state index is 11.6. The first-order valence-electron chi connectivity index (χ1n) is 4.32. The first kappa shape index (κ1) is 9.48. The molecule has 1 atom stereocenters. The number of hydrogen-bond acceptors (Lipinski definition) is 3. The highest BCUT2D eigenvalue weighted by Crippen LogP contribution is 2.09. The van der Waals surface area contributed by atoms with E-state index in [0.717, 1.165) is 19.5 Å². The zero-order chi connectivity index (χ0) is 9.14. The fourth-order valence-corrected chi connectivity index (χ4v) is 1.52. The molecule has 0 bridgehead atoms. The van der Waals surface area contributed by atoms with E-state index in [2.05, 4.69) is 4.90 Å². The maximum atomic E-state index is 11.6. The number of piperazine rings is 1. The fraction of sp³-hybridized carbons (Fsp3) is 0.875. The standard InChI is InChI=1S/C8H17N3O/c1-10-5-6-11(2)8(12)7(10)3-4-9/h7H,3-6,9H2,1-2H3. The van der Waals surface area contributed by atoms with E-state index in [9.17, 15) is 4.79 Å². The molecule has 1 fully saturated rings. The second-order valence-electron chi connectivity index (χ2n) is 3.33. The molecule has 2 N–H and O–H groups in total. The van der Waals surface area contributed by atoms with Crippen LogP contribution in [0.2, 0.25) is 0 Å². The van der Waals surface area contributed by atoms with E-state index in [1.165, 1.54) is 0 Å². The summed E-state index contributed by atoms with van der Waals surface area (Å²) >= 11 is 0. The van der Waals surface area contributed by atoms with Crippen LogP contribution in [0.4, 0.5) is 0 Å². The summed E-state index contributed by atoms with van der Waals surface area (Å²) in [6.45, 7) is 2.36. The monoisotopic (exact) mass is 171 g/mol. The highest BCUT2D eigenvalue weighted by molar-refractivity contribution is 5.82. The molecule has 1 heterocycles. The largest absolute Gasteiger partial charge is 0.343 e. The van der Waals surface area contributed by atoms with Crippen molar-refractivity contribution in [3.05, 3.63) is 0 Å². The molecule has 12 heavy (non-hydrogen) atoms. The average Bonchev–Trinajstić information content (AvgIpc) is 2.06. The number of amides is 1. The van der Waals surface area contributed by atoms with Crippen molar-refractivity contribution in [2.24, 2.45) is 5.73 Å². The molecule has 0 radical (unpaired) electrons. The lowest BCUT2D eigenvalue weighted by atomic mass is 10.1. The average molecular weight is 171 g/mol. The Kier molecular flexibility index (Phi) is 3.05. The molecule has 0 saturated carbocycles. The van der Waals surface area contributed by atoms with Gasteiger partial charge in [0.2, 0.25) is 5.91 Å². The van der Waals surface area contributed by atoms with Crippen molar-refractivity contribution >= 4 is 5.91 Å². The van der Waals surface area contributed by atoms with Crippen LogP contribution in [0.15, 0.2) is 0 Å². The molecule has 0 aliphatic carbocycles. The van der Waals surface area contributed by atoms with Crippen LogP contribution < -0.4 is 5.73 Å². The first-order valence-corrected chi connectivity index (χ1v) is 4.32. The Morgan fingerprint density at radius 1 is 1.50 bits per heavy atom. The number of carbonyl (C=O) groups is 1. The van der Waals surface area contributed by atoms with Crippen LogP contribution in [0.3, 0.4) is 0 Å². The Labute approximate surface area is 73.3 Å². The highest BCUT2D eigenvalue weighted by atomic mass is 16.2. The first-order chi connectivity index (χ1) is 5.66. The van der Waals surface area contributed by atoms with Gasteiger partial charge in [0.05, 0.1) is 6.04 Å². The van der Waals surface area contributed by atoms with Crippen molar-refractivity contribution in [1.82, 2.24) is 9.80 Å². The van der Waals surface area contributed by atoms with E-state index in [1.807, 2.05) is 14.1 Å². The Bertz CT molecular complexity index is 172. The minimum absolute atomic E-state index is 0.00810. The van der Waals surface area contributed by atoms with E-state index < -0.39 is 0 Å². The predicted octanol–water partition coefficient (Wildman–Crippen LogP) is -0.892. The van der Waals surface area contributed by atoms with Gasteiger partial charge >= 0.3 is 0 Å². The summed E-state index contributed by atoms with van der Waals surface area (Å²) in [5.41, 5.74) is 5.43. The molecule has 70 valence electrons. The third-order valence-corrected chi connectivity index (χ3v) is 2.42. The lowest BCUT2D eigenvalue weighted by molar-refractivity contribution is -0.139. The summed E-state index contributed by atoms with van der Waals surface area (Å²) in [7, 11) is 3.82. The maximum Gasteiger partial charge on any atom is 0.239 e. The zero-order valence-corrected chi connectivity index (χ0v) is 7.79. The van der Waals surface area contributed by atoms with Gasteiger partial charge in [0.25, 0.3) is 0 Å². The Hall–Kier alpha value is -0.610. The second-order valence-corrected chi connectivity index (χ2v) is 3.33. The van der Waals surface area contributed by atoms with Crippen LogP contribution in [0.25, 0.3) is 0 Å². The number of carbonyl (C=O) groups excluding carboxylic acids is 1. The third kappa shape index (κ3) is 1.76. The molecule has 4 heteroatoms. The van der Waals surface area contributed by atoms with Crippen molar-refractivity contribution in [3.63, 3.8) is 0 Å².